The number of hydrogen-bond donors (Lipinski definition) is 1. The summed E-state index contributed by atoms with van der Waals surface area (Å²) in [6, 6.07) is 0. The van der Waals surface area contributed by atoms with Crippen LogP contribution in [-0.4, -0.2) is 24.2 Å². The van der Waals surface area contributed by atoms with Gasteiger partial charge in [0.2, 0.25) is 0 Å². The van der Waals surface area contributed by atoms with Crippen molar-refractivity contribution < 1.29 is 14.3 Å². The molecule has 0 heterocycles. The summed E-state index contributed by atoms with van der Waals surface area (Å²) in [6.07, 6.45) is 0. The predicted octanol–water partition coefficient (Wildman–Crippen LogP) is 0.544. The van der Waals surface area contributed by atoms with Crippen LogP contribution in [0.4, 0.5) is 4.39 Å². The van der Waals surface area contributed by atoms with E-state index in [0.717, 1.165) is 0 Å². The predicted molar refractivity (Wildman–Crippen MR) is 29.4 cm³/mol. The third-order valence-electron chi connectivity index (χ3n) is 0.0845. The summed E-state index contributed by atoms with van der Waals surface area (Å²) < 4.78 is 10.5. The number of rotatable bonds is 1. The smallest absolute Gasteiger partial charge is 0.126 e. The van der Waals surface area contributed by atoms with Gasteiger partial charge in [-0.2, -0.15) is 0 Å². The molecule has 3 heteroatoms. The van der Waals surface area contributed by atoms with E-state index in [1.54, 1.807) is 0 Å². The molecular formula is C5H11FO2. The zero-order valence-corrected chi connectivity index (χ0v) is 5.15. The first kappa shape index (κ1) is 10.5. The van der Waals surface area contributed by atoms with E-state index in [4.69, 9.17) is 5.11 Å². The van der Waals surface area contributed by atoms with Crippen molar-refractivity contribution in [3.63, 3.8) is 0 Å². The molecule has 0 unspecified atom stereocenters. The van der Waals surface area contributed by atoms with Gasteiger partial charge in [0, 0.05) is 0 Å². The SMILES string of the molecule is CC(C)=O.OCCF. The number of halogens is 1. The summed E-state index contributed by atoms with van der Waals surface area (Å²) in [6.45, 7) is 2.08. The Kier molecular flexibility index (Phi) is 12.8. The molecule has 0 saturated carbocycles. The third-order valence-corrected chi connectivity index (χ3v) is 0.0845. The molecule has 0 atom stereocenters. The molecule has 0 aromatic heterocycles. The summed E-state index contributed by atoms with van der Waals surface area (Å²) in [4.78, 5) is 9.44. The monoisotopic (exact) mass is 122 g/mol. The average Bonchev–Trinajstić information content (AvgIpc) is 1.65. The van der Waals surface area contributed by atoms with Crippen molar-refractivity contribution in [1.29, 1.82) is 0 Å². The highest BCUT2D eigenvalue weighted by molar-refractivity contribution is 5.72. The molecule has 0 amide bonds. The largest absolute Gasteiger partial charge is 0.394 e. The van der Waals surface area contributed by atoms with Crippen LogP contribution >= 0.6 is 0 Å². The Morgan fingerprint density at radius 3 is 1.75 bits per heavy atom. The van der Waals surface area contributed by atoms with Gasteiger partial charge in [-0.15, -0.1) is 0 Å². The van der Waals surface area contributed by atoms with Gasteiger partial charge < -0.3 is 9.90 Å². The first-order valence-corrected chi connectivity index (χ1v) is 2.29. The maximum Gasteiger partial charge on any atom is 0.126 e. The molecule has 0 aromatic rings. The third kappa shape index (κ3) is 369. The normalized spacial score (nSPS) is 7.00. The highest BCUT2D eigenvalue weighted by Gasteiger charge is 1.62. The first-order chi connectivity index (χ1) is 3.65. The van der Waals surface area contributed by atoms with Crippen LogP contribution in [0.1, 0.15) is 13.8 Å². The second kappa shape index (κ2) is 9.75. The Labute approximate surface area is 48.3 Å². The van der Waals surface area contributed by atoms with Crippen molar-refractivity contribution in [3.8, 4) is 0 Å². The molecule has 2 nitrogen and oxygen atoms in total. The van der Waals surface area contributed by atoms with Crippen LogP contribution in [0.25, 0.3) is 0 Å². The molecule has 0 radical (unpaired) electrons. The van der Waals surface area contributed by atoms with E-state index < -0.39 is 6.67 Å². The fourth-order valence-corrected chi connectivity index (χ4v) is 0. The number of Topliss-reactive ketones (excluding diaryl/α,β-unsaturated/α-hetero) is 1. The topological polar surface area (TPSA) is 37.3 Å². The Morgan fingerprint density at radius 2 is 1.75 bits per heavy atom. The van der Waals surface area contributed by atoms with Crippen LogP contribution in [0, 0.1) is 0 Å². The second-order valence-electron chi connectivity index (χ2n) is 1.32. The fraction of sp³-hybridized carbons (Fsp3) is 0.800. The minimum absolute atomic E-state index is 0.167. The number of alkyl halides is 1. The van der Waals surface area contributed by atoms with Gasteiger partial charge in [-0.3, -0.25) is 0 Å². The lowest BCUT2D eigenvalue weighted by molar-refractivity contribution is -0.114. The van der Waals surface area contributed by atoms with E-state index in [1.807, 2.05) is 0 Å². The molecule has 0 saturated heterocycles. The van der Waals surface area contributed by atoms with Crippen molar-refractivity contribution >= 4 is 5.78 Å². The molecule has 0 aliphatic heterocycles. The van der Waals surface area contributed by atoms with Crippen molar-refractivity contribution in [2.45, 2.75) is 13.8 Å². The number of carbonyl (C=O) groups excluding carboxylic acids is 1. The molecule has 0 bridgehead atoms. The number of hydrogen-bond acceptors (Lipinski definition) is 2. The van der Waals surface area contributed by atoms with Crippen LogP contribution in [0.3, 0.4) is 0 Å². The molecule has 0 spiro atoms. The van der Waals surface area contributed by atoms with E-state index in [2.05, 4.69) is 0 Å². The van der Waals surface area contributed by atoms with Gasteiger partial charge in [-0.1, -0.05) is 0 Å². The van der Waals surface area contributed by atoms with Crippen LogP contribution in [0.15, 0.2) is 0 Å². The van der Waals surface area contributed by atoms with Crippen LogP contribution in [0.5, 0.6) is 0 Å². The maximum absolute atomic E-state index is 10.5. The molecule has 50 valence electrons. The van der Waals surface area contributed by atoms with Gasteiger partial charge in [0.15, 0.2) is 0 Å². The molecule has 0 aliphatic rings. The molecule has 1 N–H and O–H groups in total. The van der Waals surface area contributed by atoms with E-state index in [-0.39, 0.29) is 12.4 Å². The van der Waals surface area contributed by atoms with Gasteiger partial charge in [-0.05, 0) is 13.8 Å². The molecule has 8 heavy (non-hydrogen) atoms. The highest BCUT2D eigenvalue weighted by Crippen LogP contribution is 1.54. The molecule has 0 rings (SSSR count). The van der Waals surface area contributed by atoms with E-state index >= 15 is 0 Å². The van der Waals surface area contributed by atoms with Crippen molar-refractivity contribution in [2.75, 3.05) is 13.3 Å². The molecular weight excluding hydrogens is 111 g/mol. The van der Waals surface area contributed by atoms with Crippen molar-refractivity contribution in [1.82, 2.24) is 0 Å². The van der Waals surface area contributed by atoms with Gasteiger partial charge >= 0.3 is 0 Å². The van der Waals surface area contributed by atoms with Crippen molar-refractivity contribution in [3.05, 3.63) is 0 Å². The van der Waals surface area contributed by atoms with Crippen LogP contribution in [-0.2, 0) is 4.79 Å². The van der Waals surface area contributed by atoms with Gasteiger partial charge in [0.1, 0.15) is 12.5 Å². The summed E-state index contributed by atoms with van der Waals surface area (Å²) in [5.74, 6) is 0.167. The lowest BCUT2D eigenvalue weighted by atomic mass is 10.6. The Balaban J connectivity index is 0. The number of aliphatic hydroxyl groups excluding tert-OH is 1. The highest BCUT2D eigenvalue weighted by atomic mass is 19.1. The fourth-order valence-electron chi connectivity index (χ4n) is 0. The van der Waals surface area contributed by atoms with Gasteiger partial charge in [0.25, 0.3) is 0 Å². The van der Waals surface area contributed by atoms with Crippen molar-refractivity contribution in [2.24, 2.45) is 0 Å². The van der Waals surface area contributed by atoms with E-state index in [1.165, 1.54) is 13.8 Å². The molecule has 0 aliphatic carbocycles. The number of ketones is 1. The van der Waals surface area contributed by atoms with E-state index in [0.29, 0.717) is 0 Å². The summed E-state index contributed by atoms with van der Waals surface area (Å²) in [5.41, 5.74) is 0. The van der Waals surface area contributed by atoms with Gasteiger partial charge in [-0.25, -0.2) is 4.39 Å². The Morgan fingerprint density at radius 1 is 1.62 bits per heavy atom. The van der Waals surface area contributed by atoms with Gasteiger partial charge in [0.05, 0.1) is 6.61 Å². The quantitative estimate of drug-likeness (QED) is 0.551. The molecule has 0 aromatic carbocycles. The van der Waals surface area contributed by atoms with E-state index in [9.17, 15) is 9.18 Å². The van der Waals surface area contributed by atoms with Crippen LogP contribution < -0.4 is 0 Å². The zero-order valence-electron chi connectivity index (χ0n) is 5.15. The first-order valence-electron chi connectivity index (χ1n) is 2.29. The Hall–Kier alpha value is -0.440. The maximum atomic E-state index is 10.5. The lowest BCUT2D eigenvalue weighted by Crippen LogP contribution is -1.77. The lowest BCUT2D eigenvalue weighted by Gasteiger charge is -1.66. The Bertz CT molecular complexity index is 48.4. The minimum atomic E-state index is -0.625. The second-order valence-corrected chi connectivity index (χ2v) is 1.32. The zero-order chi connectivity index (χ0) is 6.99. The summed E-state index contributed by atoms with van der Waals surface area (Å²) in [7, 11) is 0. The van der Waals surface area contributed by atoms with Crippen LogP contribution in [0.2, 0.25) is 0 Å². The summed E-state index contributed by atoms with van der Waals surface area (Å²) >= 11 is 0. The number of carbonyl (C=O) groups is 1. The summed E-state index contributed by atoms with van der Waals surface area (Å²) in [5, 5.41) is 7.50. The minimum Gasteiger partial charge on any atom is -0.394 e. The average molecular weight is 122 g/mol. The number of aliphatic hydroxyl groups is 1. The standard InChI is InChI=1S/C3H6O.C2H5FO/c1-3(2)4;3-1-2-4/h1-2H3;4H,1-2H2. The molecule has 0 fully saturated rings.